The highest BCUT2D eigenvalue weighted by Gasteiger charge is 2.18. The maximum absolute atomic E-state index is 9.32. The van der Waals surface area contributed by atoms with Crippen LogP contribution in [-0.4, -0.2) is 4.57 Å². The fourth-order valence-electron chi connectivity index (χ4n) is 3.41. The molecule has 0 bridgehead atoms. The molecule has 4 aromatic rings. The van der Waals surface area contributed by atoms with Gasteiger partial charge in [-0.1, -0.05) is 45.0 Å². The highest BCUT2D eigenvalue weighted by molar-refractivity contribution is 6.10. The average Bonchev–Trinajstić information content (AvgIpc) is 2.94. The predicted molar refractivity (Wildman–Crippen MR) is 104 cm³/mol. The maximum atomic E-state index is 9.32. The molecule has 0 unspecified atom stereocenters. The first-order valence-corrected chi connectivity index (χ1v) is 8.53. The molecule has 25 heavy (non-hydrogen) atoms. The van der Waals surface area contributed by atoms with Gasteiger partial charge < -0.3 is 4.57 Å². The second-order valence-electron chi connectivity index (χ2n) is 7.50. The fourth-order valence-corrected chi connectivity index (χ4v) is 3.41. The molecule has 3 aromatic carbocycles. The molecule has 0 aliphatic carbocycles. The number of para-hydroxylation sites is 1. The molecule has 2 heteroatoms. The van der Waals surface area contributed by atoms with Crippen molar-refractivity contribution in [2.24, 2.45) is 0 Å². The number of hydrogen-bond acceptors (Lipinski definition) is 1. The van der Waals surface area contributed by atoms with E-state index in [1.807, 2.05) is 18.2 Å². The third-order valence-electron chi connectivity index (χ3n) is 4.77. The molecule has 0 radical (unpaired) electrons. The topological polar surface area (TPSA) is 28.7 Å². The zero-order chi connectivity index (χ0) is 17.6. The van der Waals surface area contributed by atoms with Crippen molar-refractivity contribution >= 4 is 21.8 Å². The summed E-state index contributed by atoms with van der Waals surface area (Å²) in [6, 6.07) is 25.3. The number of benzene rings is 3. The van der Waals surface area contributed by atoms with Crippen LogP contribution in [-0.2, 0) is 5.41 Å². The van der Waals surface area contributed by atoms with Gasteiger partial charge in [0.2, 0.25) is 0 Å². The van der Waals surface area contributed by atoms with Crippen molar-refractivity contribution in [3.05, 3.63) is 77.9 Å². The van der Waals surface area contributed by atoms with E-state index >= 15 is 0 Å². The molecule has 0 N–H and O–H groups in total. The molecular weight excluding hydrogens is 304 g/mol. The second kappa shape index (κ2) is 5.50. The molecule has 2 nitrogen and oxygen atoms in total. The van der Waals surface area contributed by atoms with Crippen LogP contribution >= 0.6 is 0 Å². The summed E-state index contributed by atoms with van der Waals surface area (Å²) in [5.74, 6) is 0. The lowest BCUT2D eigenvalue weighted by molar-refractivity contribution is 0.591. The van der Waals surface area contributed by atoms with Crippen molar-refractivity contribution in [2.45, 2.75) is 26.2 Å². The van der Waals surface area contributed by atoms with E-state index in [-0.39, 0.29) is 5.41 Å². The van der Waals surface area contributed by atoms with Crippen molar-refractivity contribution in [2.75, 3.05) is 0 Å². The Balaban J connectivity index is 2.15. The lowest BCUT2D eigenvalue weighted by Gasteiger charge is -2.19. The number of aromatic nitrogens is 1. The summed E-state index contributed by atoms with van der Waals surface area (Å²) >= 11 is 0. The van der Waals surface area contributed by atoms with Crippen LogP contribution in [0, 0.1) is 11.3 Å². The highest BCUT2D eigenvalue weighted by atomic mass is 15.0. The Labute approximate surface area is 147 Å². The zero-order valence-corrected chi connectivity index (χ0v) is 14.7. The summed E-state index contributed by atoms with van der Waals surface area (Å²) in [5.41, 5.74) is 5.52. The van der Waals surface area contributed by atoms with E-state index in [2.05, 4.69) is 79.9 Å². The largest absolute Gasteiger partial charge is 0.309 e. The van der Waals surface area contributed by atoms with Crippen LogP contribution in [0.2, 0.25) is 0 Å². The quantitative estimate of drug-likeness (QED) is 0.425. The van der Waals surface area contributed by atoms with Crippen LogP contribution < -0.4 is 0 Å². The van der Waals surface area contributed by atoms with E-state index in [0.29, 0.717) is 5.56 Å². The van der Waals surface area contributed by atoms with Gasteiger partial charge in [0.05, 0.1) is 22.7 Å². The van der Waals surface area contributed by atoms with Gasteiger partial charge in [0.25, 0.3) is 0 Å². The zero-order valence-electron chi connectivity index (χ0n) is 14.7. The van der Waals surface area contributed by atoms with E-state index in [0.717, 1.165) is 16.6 Å². The summed E-state index contributed by atoms with van der Waals surface area (Å²) in [7, 11) is 0. The molecule has 1 aromatic heterocycles. The van der Waals surface area contributed by atoms with Gasteiger partial charge in [0.15, 0.2) is 0 Å². The maximum Gasteiger partial charge on any atom is 0.0991 e. The summed E-state index contributed by atoms with van der Waals surface area (Å²) in [4.78, 5) is 0. The third kappa shape index (κ3) is 2.49. The van der Waals surface area contributed by atoms with Crippen molar-refractivity contribution in [3.63, 3.8) is 0 Å². The number of nitriles is 1. The summed E-state index contributed by atoms with van der Waals surface area (Å²) < 4.78 is 2.28. The molecule has 0 aliphatic rings. The van der Waals surface area contributed by atoms with E-state index in [4.69, 9.17) is 0 Å². The lowest BCUT2D eigenvalue weighted by Crippen LogP contribution is -2.10. The molecule has 1 heterocycles. The Morgan fingerprint density at radius 3 is 2.08 bits per heavy atom. The van der Waals surface area contributed by atoms with Gasteiger partial charge in [0.1, 0.15) is 0 Å². The van der Waals surface area contributed by atoms with Crippen molar-refractivity contribution in [1.82, 2.24) is 4.57 Å². The SMILES string of the molecule is CC(C)(C)c1ccc2c(c1)c1cc(C#N)ccc1n2-c1ccccc1. The van der Waals surface area contributed by atoms with E-state index < -0.39 is 0 Å². The number of fused-ring (bicyclic) bond motifs is 3. The molecule has 0 aliphatic heterocycles. The first-order chi connectivity index (χ1) is 12.0. The van der Waals surface area contributed by atoms with Gasteiger partial charge in [0, 0.05) is 16.5 Å². The van der Waals surface area contributed by atoms with E-state index in [1.165, 1.54) is 16.5 Å². The van der Waals surface area contributed by atoms with Crippen LogP contribution in [0.1, 0.15) is 31.9 Å². The molecule has 0 fully saturated rings. The molecule has 122 valence electrons. The van der Waals surface area contributed by atoms with Crippen LogP contribution in [0.25, 0.3) is 27.5 Å². The van der Waals surface area contributed by atoms with Crippen LogP contribution in [0.3, 0.4) is 0 Å². The minimum Gasteiger partial charge on any atom is -0.309 e. The van der Waals surface area contributed by atoms with Gasteiger partial charge >= 0.3 is 0 Å². The molecule has 0 spiro atoms. The fraction of sp³-hybridized carbons (Fsp3) is 0.174. The van der Waals surface area contributed by atoms with Gasteiger partial charge in [-0.05, 0) is 53.4 Å². The monoisotopic (exact) mass is 324 g/mol. The van der Waals surface area contributed by atoms with Crippen LogP contribution in [0.5, 0.6) is 0 Å². The van der Waals surface area contributed by atoms with Crippen molar-refractivity contribution in [1.29, 1.82) is 5.26 Å². The predicted octanol–water partition coefficient (Wildman–Crippen LogP) is 5.95. The Morgan fingerprint density at radius 1 is 0.800 bits per heavy atom. The first kappa shape index (κ1) is 15.5. The van der Waals surface area contributed by atoms with Crippen LogP contribution in [0.15, 0.2) is 66.7 Å². The third-order valence-corrected chi connectivity index (χ3v) is 4.77. The number of nitrogens with zero attached hydrogens (tertiary/aromatic N) is 2. The van der Waals surface area contributed by atoms with E-state index in [9.17, 15) is 5.26 Å². The Kier molecular flexibility index (Phi) is 3.40. The van der Waals surface area contributed by atoms with Gasteiger partial charge in [-0.25, -0.2) is 0 Å². The number of hydrogen-bond donors (Lipinski definition) is 0. The molecular formula is C23H20N2. The Bertz CT molecular complexity index is 1120. The van der Waals surface area contributed by atoms with Crippen molar-refractivity contribution in [3.8, 4) is 11.8 Å². The highest BCUT2D eigenvalue weighted by Crippen LogP contribution is 2.35. The summed E-state index contributed by atoms with van der Waals surface area (Å²) in [5, 5.41) is 11.6. The van der Waals surface area contributed by atoms with Gasteiger partial charge in [-0.3, -0.25) is 0 Å². The molecule has 0 amide bonds. The summed E-state index contributed by atoms with van der Waals surface area (Å²) in [6.45, 7) is 6.68. The molecule has 0 saturated carbocycles. The smallest absolute Gasteiger partial charge is 0.0991 e. The molecule has 0 saturated heterocycles. The minimum absolute atomic E-state index is 0.0855. The van der Waals surface area contributed by atoms with E-state index in [1.54, 1.807) is 0 Å². The second-order valence-corrected chi connectivity index (χ2v) is 7.50. The standard InChI is InChI=1S/C23H20N2/c1-23(2,3)17-10-12-22-20(14-17)19-13-16(15-24)9-11-21(19)25(22)18-7-5-4-6-8-18/h4-14H,1-3H3. The Hall–Kier alpha value is -3.05. The lowest BCUT2D eigenvalue weighted by atomic mass is 9.86. The van der Waals surface area contributed by atoms with Gasteiger partial charge in [-0.15, -0.1) is 0 Å². The molecule has 4 rings (SSSR count). The van der Waals surface area contributed by atoms with Crippen molar-refractivity contribution < 1.29 is 0 Å². The Morgan fingerprint density at radius 2 is 1.44 bits per heavy atom. The first-order valence-electron chi connectivity index (χ1n) is 8.53. The van der Waals surface area contributed by atoms with Gasteiger partial charge in [-0.2, -0.15) is 5.26 Å². The number of rotatable bonds is 1. The van der Waals surface area contributed by atoms with Crippen LogP contribution in [0.4, 0.5) is 0 Å². The normalized spacial score (nSPS) is 11.8. The molecule has 0 atom stereocenters. The summed E-state index contributed by atoms with van der Waals surface area (Å²) in [6.07, 6.45) is 0. The average molecular weight is 324 g/mol. The minimum atomic E-state index is 0.0855.